The molecule has 5 nitrogen and oxygen atoms in total. The van der Waals surface area contributed by atoms with Gasteiger partial charge in [-0.3, -0.25) is 0 Å². The van der Waals surface area contributed by atoms with E-state index in [1.165, 1.54) is 10.4 Å². The van der Waals surface area contributed by atoms with Gasteiger partial charge in [-0.1, -0.05) is 0 Å². The van der Waals surface area contributed by atoms with Crippen LogP contribution in [0.2, 0.25) is 0 Å². The molecule has 0 radical (unpaired) electrons. The van der Waals surface area contributed by atoms with Gasteiger partial charge in [-0.2, -0.15) is 9.35 Å². The SMILES string of the molecule is N#CSn1cnnn1. The third-order valence-electron chi connectivity index (χ3n) is 0.465. The highest BCUT2D eigenvalue weighted by Gasteiger charge is 1.86. The number of nitriles is 1. The lowest BCUT2D eigenvalue weighted by atomic mass is 11.4. The Bertz CT molecular complexity index is 185. The van der Waals surface area contributed by atoms with Crippen molar-refractivity contribution in [2.24, 2.45) is 0 Å². The van der Waals surface area contributed by atoms with E-state index in [0.29, 0.717) is 0 Å². The van der Waals surface area contributed by atoms with Gasteiger partial charge in [0.2, 0.25) is 0 Å². The molecule has 0 spiro atoms. The van der Waals surface area contributed by atoms with Crippen LogP contribution in [-0.4, -0.2) is 19.6 Å². The number of hydrogen-bond donors (Lipinski definition) is 0. The summed E-state index contributed by atoms with van der Waals surface area (Å²) in [5.41, 5.74) is 0. The molecule has 1 rings (SSSR count). The first-order valence-corrected chi connectivity index (χ1v) is 2.50. The lowest BCUT2D eigenvalue weighted by Gasteiger charge is -1.78. The zero-order valence-corrected chi connectivity index (χ0v) is 4.54. The Balaban J connectivity index is 2.67. The summed E-state index contributed by atoms with van der Waals surface area (Å²) >= 11 is 0.868. The summed E-state index contributed by atoms with van der Waals surface area (Å²) in [5.74, 6) is 0. The monoisotopic (exact) mass is 127 g/mol. The van der Waals surface area contributed by atoms with Crippen molar-refractivity contribution in [3.63, 3.8) is 0 Å². The van der Waals surface area contributed by atoms with Crippen LogP contribution < -0.4 is 0 Å². The standard InChI is InChI=1S/C2HN5S/c3-1-8-7-2-4-5-6-7/h2H. The van der Waals surface area contributed by atoms with Crippen LogP contribution in [0.4, 0.5) is 0 Å². The van der Waals surface area contributed by atoms with E-state index in [9.17, 15) is 0 Å². The molecule has 0 bridgehead atoms. The molecule has 0 aromatic carbocycles. The topological polar surface area (TPSA) is 67.4 Å². The zero-order chi connectivity index (χ0) is 5.82. The van der Waals surface area contributed by atoms with Crippen LogP contribution in [-0.2, 0) is 0 Å². The van der Waals surface area contributed by atoms with E-state index in [4.69, 9.17) is 5.26 Å². The average molecular weight is 127 g/mol. The molecule has 8 heavy (non-hydrogen) atoms. The maximum absolute atomic E-state index is 8.03. The molecule has 0 saturated heterocycles. The smallest absolute Gasteiger partial charge is 0.158 e. The Morgan fingerprint density at radius 3 is 3.12 bits per heavy atom. The van der Waals surface area contributed by atoms with Gasteiger partial charge in [0.05, 0.1) is 11.9 Å². The largest absolute Gasteiger partial charge is 0.183 e. The lowest BCUT2D eigenvalue weighted by molar-refractivity contribution is 0.855. The maximum atomic E-state index is 8.03. The second-order valence-corrected chi connectivity index (χ2v) is 1.63. The van der Waals surface area contributed by atoms with Gasteiger partial charge in [0.1, 0.15) is 0 Å². The van der Waals surface area contributed by atoms with E-state index in [0.717, 1.165) is 11.9 Å². The number of rotatable bonds is 1. The van der Waals surface area contributed by atoms with Crippen LogP contribution in [0.1, 0.15) is 0 Å². The summed E-state index contributed by atoms with van der Waals surface area (Å²) in [4.78, 5) is 0. The van der Waals surface area contributed by atoms with Crippen molar-refractivity contribution < 1.29 is 0 Å². The summed E-state index contributed by atoms with van der Waals surface area (Å²) in [6.45, 7) is 0. The van der Waals surface area contributed by atoms with Gasteiger partial charge in [0.15, 0.2) is 11.7 Å². The summed E-state index contributed by atoms with van der Waals surface area (Å²) in [6, 6.07) is 0. The fourth-order valence-corrected chi connectivity index (χ4v) is 0.479. The van der Waals surface area contributed by atoms with E-state index in [-0.39, 0.29) is 0 Å². The van der Waals surface area contributed by atoms with Crippen LogP contribution in [0.5, 0.6) is 0 Å². The summed E-state index contributed by atoms with van der Waals surface area (Å²) < 4.78 is 1.26. The number of aromatic nitrogens is 4. The highest BCUT2D eigenvalue weighted by atomic mass is 32.2. The summed E-state index contributed by atoms with van der Waals surface area (Å²) in [5, 5.41) is 19.8. The fourth-order valence-electron chi connectivity index (χ4n) is 0.237. The minimum atomic E-state index is 0.868. The molecule has 0 N–H and O–H groups in total. The van der Waals surface area contributed by atoms with E-state index in [2.05, 4.69) is 15.5 Å². The van der Waals surface area contributed by atoms with Crippen molar-refractivity contribution in [2.45, 2.75) is 0 Å². The van der Waals surface area contributed by atoms with Crippen molar-refractivity contribution in [1.29, 1.82) is 5.26 Å². The molecule has 0 unspecified atom stereocenters. The van der Waals surface area contributed by atoms with Crippen LogP contribution in [0.15, 0.2) is 6.33 Å². The second-order valence-electron chi connectivity index (χ2n) is 0.895. The Labute approximate surface area is 49.4 Å². The molecule has 40 valence electrons. The third kappa shape index (κ3) is 0.946. The fraction of sp³-hybridized carbons (Fsp3) is 0. The van der Waals surface area contributed by atoms with Gasteiger partial charge in [0, 0.05) is 0 Å². The zero-order valence-electron chi connectivity index (χ0n) is 3.72. The normalized spacial score (nSPS) is 8.38. The molecule has 1 heterocycles. The molecule has 6 heteroatoms. The Morgan fingerprint density at radius 1 is 1.75 bits per heavy atom. The third-order valence-corrected chi connectivity index (χ3v) is 0.901. The van der Waals surface area contributed by atoms with Crippen molar-refractivity contribution in [3.8, 4) is 5.40 Å². The van der Waals surface area contributed by atoms with Crippen LogP contribution >= 0.6 is 11.9 Å². The van der Waals surface area contributed by atoms with Gasteiger partial charge in [-0.05, 0) is 10.4 Å². The van der Waals surface area contributed by atoms with Gasteiger partial charge in [-0.25, -0.2) is 0 Å². The number of tetrazole rings is 1. The van der Waals surface area contributed by atoms with Gasteiger partial charge >= 0.3 is 0 Å². The molecular formula is C2HN5S. The van der Waals surface area contributed by atoms with Crippen molar-refractivity contribution >= 4 is 11.9 Å². The van der Waals surface area contributed by atoms with Gasteiger partial charge in [0.25, 0.3) is 0 Å². The van der Waals surface area contributed by atoms with Gasteiger partial charge in [-0.15, -0.1) is 5.10 Å². The summed E-state index contributed by atoms with van der Waals surface area (Å²) in [6.07, 6.45) is 1.36. The molecule has 0 aliphatic heterocycles. The predicted octanol–water partition coefficient (Wildman–Crippen LogP) is -0.350. The minimum Gasteiger partial charge on any atom is -0.183 e. The number of thiocyanates is 1. The molecule has 0 saturated carbocycles. The predicted molar refractivity (Wildman–Crippen MR) is 26.4 cm³/mol. The first kappa shape index (κ1) is 5.05. The number of hydrogen-bond acceptors (Lipinski definition) is 5. The van der Waals surface area contributed by atoms with E-state index >= 15 is 0 Å². The molecular weight excluding hydrogens is 126 g/mol. The summed E-state index contributed by atoms with van der Waals surface area (Å²) in [7, 11) is 0. The maximum Gasteiger partial charge on any atom is 0.158 e. The molecule has 0 aliphatic rings. The molecule has 0 fully saturated rings. The Kier molecular flexibility index (Phi) is 1.44. The molecule has 1 aromatic rings. The van der Waals surface area contributed by atoms with E-state index < -0.39 is 0 Å². The van der Waals surface area contributed by atoms with Crippen molar-refractivity contribution in [1.82, 2.24) is 19.6 Å². The highest BCUT2D eigenvalue weighted by Crippen LogP contribution is 1.94. The quantitative estimate of drug-likeness (QED) is 0.482. The Hall–Kier alpha value is -1.09. The van der Waals surface area contributed by atoms with Gasteiger partial charge < -0.3 is 0 Å². The Morgan fingerprint density at radius 2 is 2.62 bits per heavy atom. The molecule has 0 atom stereocenters. The molecule has 1 aromatic heterocycles. The van der Waals surface area contributed by atoms with E-state index in [1.807, 2.05) is 5.40 Å². The first-order valence-electron chi connectivity index (χ1n) is 1.73. The molecule has 0 aliphatic carbocycles. The second kappa shape index (κ2) is 2.28. The van der Waals surface area contributed by atoms with E-state index in [1.54, 1.807) is 0 Å². The molecule has 0 amide bonds. The van der Waals surface area contributed by atoms with Crippen LogP contribution in [0, 0.1) is 10.7 Å². The van der Waals surface area contributed by atoms with Crippen molar-refractivity contribution in [2.75, 3.05) is 0 Å². The lowest BCUT2D eigenvalue weighted by Crippen LogP contribution is -1.82. The average Bonchev–Trinajstić information content (AvgIpc) is 2.19. The first-order chi connectivity index (χ1) is 3.93. The van der Waals surface area contributed by atoms with Crippen LogP contribution in [0.3, 0.4) is 0 Å². The van der Waals surface area contributed by atoms with Crippen molar-refractivity contribution in [3.05, 3.63) is 6.33 Å². The highest BCUT2D eigenvalue weighted by molar-refractivity contribution is 8.02. The van der Waals surface area contributed by atoms with Crippen LogP contribution in [0.25, 0.3) is 0 Å². The number of nitrogens with zero attached hydrogens (tertiary/aromatic N) is 5. The minimum absolute atomic E-state index is 0.868.